The SMILES string of the molecule is CCCNc1nc(C(C)C)nc(-n2cc(Br)cn2)c1C. The molecule has 0 radical (unpaired) electrons. The van der Waals surface area contributed by atoms with Gasteiger partial charge in [-0.05, 0) is 29.3 Å². The maximum atomic E-state index is 4.65. The van der Waals surface area contributed by atoms with Gasteiger partial charge in [-0.1, -0.05) is 20.8 Å². The van der Waals surface area contributed by atoms with Gasteiger partial charge in [-0.2, -0.15) is 5.10 Å². The average Bonchev–Trinajstić information content (AvgIpc) is 2.83. The molecule has 20 heavy (non-hydrogen) atoms. The fraction of sp³-hybridized carbons (Fsp3) is 0.500. The zero-order valence-corrected chi connectivity index (χ0v) is 13.9. The van der Waals surface area contributed by atoms with Crippen LogP contribution in [0.5, 0.6) is 0 Å². The van der Waals surface area contributed by atoms with Crippen LogP contribution in [0.25, 0.3) is 5.82 Å². The largest absolute Gasteiger partial charge is 0.370 e. The molecule has 0 aliphatic carbocycles. The first-order valence-electron chi connectivity index (χ1n) is 6.85. The van der Waals surface area contributed by atoms with Gasteiger partial charge in [0.25, 0.3) is 0 Å². The Morgan fingerprint density at radius 2 is 2.10 bits per heavy atom. The fourth-order valence-electron chi connectivity index (χ4n) is 1.84. The normalized spacial score (nSPS) is 11.1. The van der Waals surface area contributed by atoms with E-state index in [1.165, 1.54) is 0 Å². The Labute approximate surface area is 128 Å². The number of hydrogen-bond donors (Lipinski definition) is 1. The van der Waals surface area contributed by atoms with E-state index < -0.39 is 0 Å². The van der Waals surface area contributed by atoms with Crippen molar-refractivity contribution in [3.05, 3.63) is 28.3 Å². The summed E-state index contributed by atoms with van der Waals surface area (Å²) in [6.45, 7) is 9.25. The minimum atomic E-state index is 0.274. The zero-order chi connectivity index (χ0) is 14.7. The monoisotopic (exact) mass is 337 g/mol. The predicted molar refractivity (Wildman–Crippen MR) is 84.5 cm³/mol. The first kappa shape index (κ1) is 15.0. The van der Waals surface area contributed by atoms with Gasteiger partial charge in [-0.3, -0.25) is 0 Å². The van der Waals surface area contributed by atoms with E-state index in [1.54, 1.807) is 10.9 Å². The van der Waals surface area contributed by atoms with Crippen LogP contribution in [0.2, 0.25) is 0 Å². The lowest BCUT2D eigenvalue weighted by atomic mass is 10.2. The van der Waals surface area contributed by atoms with Gasteiger partial charge < -0.3 is 5.32 Å². The van der Waals surface area contributed by atoms with Gasteiger partial charge in [0.1, 0.15) is 11.6 Å². The number of nitrogens with zero attached hydrogens (tertiary/aromatic N) is 4. The molecular formula is C14H20BrN5. The van der Waals surface area contributed by atoms with Crippen LogP contribution < -0.4 is 5.32 Å². The van der Waals surface area contributed by atoms with Crippen LogP contribution in [0.15, 0.2) is 16.9 Å². The molecule has 0 fully saturated rings. The maximum absolute atomic E-state index is 4.65. The van der Waals surface area contributed by atoms with Crippen molar-refractivity contribution < 1.29 is 0 Å². The van der Waals surface area contributed by atoms with Crippen molar-refractivity contribution in [1.82, 2.24) is 19.7 Å². The van der Waals surface area contributed by atoms with Gasteiger partial charge in [-0.25, -0.2) is 14.6 Å². The van der Waals surface area contributed by atoms with Gasteiger partial charge in [0, 0.05) is 24.2 Å². The zero-order valence-electron chi connectivity index (χ0n) is 12.3. The summed E-state index contributed by atoms with van der Waals surface area (Å²) in [5.74, 6) is 2.83. The van der Waals surface area contributed by atoms with Crippen LogP contribution in [0.1, 0.15) is 44.5 Å². The predicted octanol–water partition coefficient (Wildman–Crippen LogP) is 3.68. The van der Waals surface area contributed by atoms with Crippen LogP contribution in [-0.4, -0.2) is 26.3 Å². The molecule has 0 aliphatic heterocycles. The summed E-state index contributed by atoms with van der Waals surface area (Å²) in [5.41, 5.74) is 1.01. The van der Waals surface area contributed by atoms with Gasteiger partial charge in [0.15, 0.2) is 5.82 Å². The second kappa shape index (κ2) is 6.35. The molecule has 0 saturated heterocycles. The molecule has 0 aromatic carbocycles. The van der Waals surface area contributed by atoms with Crippen LogP contribution in [-0.2, 0) is 0 Å². The summed E-state index contributed by atoms with van der Waals surface area (Å²) in [7, 11) is 0. The standard InChI is InChI=1S/C14H20BrN5/c1-5-6-16-13-10(4)14(19-12(18-13)9(2)3)20-8-11(15)7-17-20/h7-9H,5-6H2,1-4H3,(H,16,18,19). The van der Waals surface area contributed by atoms with Crippen molar-refractivity contribution in [2.75, 3.05) is 11.9 Å². The van der Waals surface area contributed by atoms with Crippen LogP contribution >= 0.6 is 15.9 Å². The number of nitrogens with one attached hydrogen (secondary N) is 1. The molecule has 6 heteroatoms. The van der Waals surface area contributed by atoms with Crippen molar-refractivity contribution in [2.24, 2.45) is 0 Å². The quantitative estimate of drug-likeness (QED) is 0.904. The molecule has 0 atom stereocenters. The molecule has 2 aromatic rings. The van der Waals surface area contributed by atoms with E-state index in [9.17, 15) is 0 Å². The number of anilines is 1. The minimum Gasteiger partial charge on any atom is -0.370 e. The first-order chi connectivity index (χ1) is 9.52. The lowest BCUT2D eigenvalue weighted by molar-refractivity contribution is 0.739. The van der Waals surface area contributed by atoms with Crippen molar-refractivity contribution in [3.63, 3.8) is 0 Å². The van der Waals surface area contributed by atoms with Gasteiger partial charge in [0.2, 0.25) is 0 Å². The van der Waals surface area contributed by atoms with Gasteiger partial charge >= 0.3 is 0 Å². The highest BCUT2D eigenvalue weighted by molar-refractivity contribution is 9.10. The van der Waals surface area contributed by atoms with E-state index in [4.69, 9.17) is 0 Å². The Morgan fingerprint density at radius 3 is 2.65 bits per heavy atom. The highest BCUT2D eigenvalue weighted by atomic mass is 79.9. The molecule has 2 heterocycles. The number of halogens is 1. The molecule has 1 N–H and O–H groups in total. The molecule has 0 unspecified atom stereocenters. The Balaban J connectivity index is 2.51. The molecule has 0 bridgehead atoms. The van der Waals surface area contributed by atoms with Crippen LogP contribution in [0, 0.1) is 6.92 Å². The van der Waals surface area contributed by atoms with Crippen molar-refractivity contribution in [2.45, 2.75) is 40.0 Å². The van der Waals surface area contributed by atoms with E-state index in [2.05, 4.69) is 57.1 Å². The fourth-order valence-corrected chi connectivity index (χ4v) is 2.12. The molecule has 108 valence electrons. The summed E-state index contributed by atoms with van der Waals surface area (Å²) in [6.07, 6.45) is 4.72. The summed E-state index contributed by atoms with van der Waals surface area (Å²) in [4.78, 5) is 9.28. The van der Waals surface area contributed by atoms with Crippen molar-refractivity contribution in [1.29, 1.82) is 0 Å². The highest BCUT2D eigenvalue weighted by Gasteiger charge is 2.14. The molecule has 2 rings (SSSR count). The third kappa shape index (κ3) is 3.17. The lowest BCUT2D eigenvalue weighted by Gasteiger charge is -2.15. The Kier molecular flexibility index (Phi) is 4.75. The van der Waals surface area contributed by atoms with E-state index in [0.717, 1.165) is 40.5 Å². The molecule has 0 amide bonds. The number of hydrogen-bond acceptors (Lipinski definition) is 4. The Bertz CT molecular complexity index is 591. The summed E-state index contributed by atoms with van der Waals surface area (Å²) < 4.78 is 2.72. The number of rotatable bonds is 5. The lowest BCUT2D eigenvalue weighted by Crippen LogP contribution is -2.13. The average molecular weight is 338 g/mol. The van der Waals surface area contributed by atoms with Gasteiger partial charge in [-0.15, -0.1) is 0 Å². The van der Waals surface area contributed by atoms with Gasteiger partial charge in [0.05, 0.1) is 10.7 Å². The molecule has 2 aromatic heterocycles. The molecular weight excluding hydrogens is 318 g/mol. The first-order valence-corrected chi connectivity index (χ1v) is 7.65. The minimum absolute atomic E-state index is 0.274. The Morgan fingerprint density at radius 1 is 1.35 bits per heavy atom. The van der Waals surface area contributed by atoms with Crippen LogP contribution in [0.3, 0.4) is 0 Å². The van der Waals surface area contributed by atoms with E-state index in [1.807, 2.05) is 13.1 Å². The Hall–Kier alpha value is -1.43. The molecule has 5 nitrogen and oxygen atoms in total. The van der Waals surface area contributed by atoms with Crippen LogP contribution in [0.4, 0.5) is 5.82 Å². The number of aromatic nitrogens is 4. The highest BCUT2D eigenvalue weighted by Crippen LogP contribution is 2.23. The summed E-state index contributed by atoms with van der Waals surface area (Å²) >= 11 is 3.42. The third-order valence-corrected chi connectivity index (χ3v) is 3.37. The maximum Gasteiger partial charge on any atom is 0.162 e. The van der Waals surface area contributed by atoms with E-state index >= 15 is 0 Å². The molecule has 0 spiro atoms. The summed E-state index contributed by atoms with van der Waals surface area (Å²) in [5, 5.41) is 7.69. The van der Waals surface area contributed by atoms with Crippen molar-refractivity contribution in [3.8, 4) is 5.82 Å². The molecule has 0 aliphatic rings. The summed E-state index contributed by atoms with van der Waals surface area (Å²) in [6, 6.07) is 0. The second-order valence-corrected chi connectivity index (χ2v) is 5.98. The molecule has 0 saturated carbocycles. The van der Waals surface area contributed by atoms with E-state index in [-0.39, 0.29) is 5.92 Å². The third-order valence-electron chi connectivity index (χ3n) is 2.96. The van der Waals surface area contributed by atoms with E-state index in [0.29, 0.717) is 0 Å². The smallest absolute Gasteiger partial charge is 0.162 e. The second-order valence-electron chi connectivity index (χ2n) is 5.06. The topological polar surface area (TPSA) is 55.6 Å². The van der Waals surface area contributed by atoms with Crippen molar-refractivity contribution >= 4 is 21.7 Å².